The molecule has 1 N–H and O–H groups in total. The third-order valence-electron chi connectivity index (χ3n) is 2.02. The Labute approximate surface area is 67.8 Å². The average molecular weight is 156 g/mol. The number of carbonyl (C=O) groups excluding carboxylic acids is 1. The molecule has 1 heterocycles. The van der Waals surface area contributed by atoms with Gasteiger partial charge in [-0.25, -0.2) is 0 Å². The number of carbonyl (C=O) groups is 1. The van der Waals surface area contributed by atoms with Crippen molar-refractivity contribution in [3.63, 3.8) is 0 Å². The Hall–Kier alpha value is -0.570. The van der Waals surface area contributed by atoms with Crippen LogP contribution in [-0.2, 0) is 4.79 Å². The number of amides is 1. The van der Waals surface area contributed by atoms with Gasteiger partial charge in [0, 0.05) is 32.1 Å². The second kappa shape index (κ2) is 3.72. The normalized spacial score (nSPS) is 25.3. The highest BCUT2D eigenvalue weighted by Gasteiger charge is 2.18. The van der Waals surface area contributed by atoms with Gasteiger partial charge in [-0.15, -0.1) is 0 Å². The van der Waals surface area contributed by atoms with E-state index in [9.17, 15) is 4.79 Å². The summed E-state index contributed by atoms with van der Waals surface area (Å²) < 4.78 is 0. The second-order valence-corrected chi connectivity index (χ2v) is 3.05. The molecule has 0 radical (unpaired) electrons. The van der Waals surface area contributed by atoms with Crippen LogP contribution in [0.15, 0.2) is 0 Å². The van der Waals surface area contributed by atoms with E-state index in [-0.39, 0.29) is 5.91 Å². The van der Waals surface area contributed by atoms with E-state index in [1.165, 1.54) is 0 Å². The highest BCUT2D eigenvalue weighted by Crippen LogP contribution is 2.00. The van der Waals surface area contributed by atoms with Gasteiger partial charge in [-0.2, -0.15) is 0 Å². The van der Waals surface area contributed by atoms with Crippen molar-refractivity contribution >= 4 is 5.91 Å². The summed E-state index contributed by atoms with van der Waals surface area (Å²) in [6.07, 6.45) is 0.632. The van der Waals surface area contributed by atoms with Crippen LogP contribution in [0, 0.1) is 0 Å². The highest BCUT2D eigenvalue weighted by atomic mass is 16.2. The van der Waals surface area contributed by atoms with Gasteiger partial charge in [0.05, 0.1) is 0 Å². The topological polar surface area (TPSA) is 32.3 Å². The van der Waals surface area contributed by atoms with E-state index >= 15 is 0 Å². The van der Waals surface area contributed by atoms with E-state index in [2.05, 4.69) is 12.2 Å². The van der Waals surface area contributed by atoms with Gasteiger partial charge in [-0.1, -0.05) is 6.92 Å². The molecule has 1 aliphatic heterocycles. The van der Waals surface area contributed by atoms with Crippen LogP contribution < -0.4 is 5.32 Å². The van der Waals surface area contributed by atoms with Gasteiger partial charge in [0.15, 0.2) is 0 Å². The largest absolute Gasteiger partial charge is 0.340 e. The molecule has 1 fully saturated rings. The molecule has 1 amide bonds. The van der Waals surface area contributed by atoms with Gasteiger partial charge in [-0.05, 0) is 6.92 Å². The number of hydrogen-bond acceptors (Lipinski definition) is 2. The van der Waals surface area contributed by atoms with Gasteiger partial charge in [0.25, 0.3) is 0 Å². The maximum atomic E-state index is 11.2. The predicted octanol–water partition coefficient (Wildman–Crippen LogP) is 0.217. The molecule has 0 unspecified atom stereocenters. The van der Waals surface area contributed by atoms with Gasteiger partial charge in [-0.3, -0.25) is 4.79 Å². The third kappa shape index (κ3) is 2.19. The molecule has 0 bridgehead atoms. The maximum absolute atomic E-state index is 11.2. The molecule has 1 rings (SSSR count). The van der Waals surface area contributed by atoms with Crippen LogP contribution in [0.4, 0.5) is 0 Å². The van der Waals surface area contributed by atoms with Crippen LogP contribution in [0.1, 0.15) is 20.3 Å². The van der Waals surface area contributed by atoms with Crippen molar-refractivity contribution in [2.75, 3.05) is 19.6 Å². The summed E-state index contributed by atoms with van der Waals surface area (Å²) in [5.74, 6) is 0.276. The van der Waals surface area contributed by atoms with E-state index in [1.54, 1.807) is 0 Å². The van der Waals surface area contributed by atoms with Crippen molar-refractivity contribution in [2.45, 2.75) is 26.3 Å². The first kappa shape index (κ1) is 8.53. The van der Waals surface area contributed by atoms with E-state index in [0.29, 0.717) is 12.5 Å². The zero-order valence-corrected chi connectivity index (χ0v) is 7.26. The van der Waals surface area contributed by atoms with Crippen molar-refractivity contribution in [3.8, 4) is 0 Å². The lowest BCUT2D eigenvalue weighted by Gasteiger charge is -2.31. The smallest absolute Gasteiger partial charge is 0.222 e. The fourth-order valence-corrected chi connectivity index (χ4v) is 1.38. The molecular weight excluding hydrogens is 140 g/mol. The monoisotopic (exact) mass is 156 g/mol. The molecule has 0 aromatic carbocycles. The minimum Gasteiger partial charge on any atom is -0.340 e. The zero-order valence-electron chi connectivity index (χ0n) is 7.26. The van der Waals surface area contributed by atoms with Crippen LogP contribution in [0.5, 0.6) is 0 Å². The Balaban J connectivity index is 2.39. The number of nitrogens with one attached hydrogen (secondary N) is 1. The first-order valence-corrected chi connectivity index (χ1v) is 4.25. The van der Waals surface area contributed by atoms with Crippen LogP contribution >= 0.6 is 0 Å². The van der Waals surface area contributed by atoms with E-state index < -0.39 is 0 Å². The Morgan fingerprint density at radius 3 is 3.00 bits per heavy atom. The lowest BCUT2D eigenvalue weighted by atomic mass is 10.2. The van der Waals surface area contributed by atoms with Gasteiger partial charge >= 0.3 is 0 Å². The molecule has 0 spiro atoms. The minimum atomic E-state index is 0.276. The summed E-state index contributed by atoms with van der Waals surface area (Å²) in [4.78, 5) is 13.1. The summed E-state index contributed by atoms with van der Waals surface area (Å²) in [7, 11) is 0. The SMILES string of the molecule is CCC(=O)N1CCN[C@@H](C)C1. The third-order valence-corrected chi connectivity index (χ3v) is 2.02. The Bertz CT molecular complexity index is 147. The molecule has 1 atom stereocenters. The summed E-state index contributed by atoms with van der Waals surface area (Å²) in [6, 6.07) is 0.458. The van der Waals surface area contributed by atoms with Crippen molar-refractivity contribution in [1.82, 2.24) is 10.2 Å². The number of nitrogens with zero attached hydrogens (tertiary/aromatic N) is 1. The highest BCUT2D eigenvalue weighted by molar-refractivity contribution is 5.75. The van der Waals surface area contributed by atoms with E-state index in [4.69, 9.17) is 0 Å². The first-order chi connectivity index (χ1) is 5.24. The van der Waals surface area contributed by atoms with E-state index in [0.717, 1.165) is 19.6 Å². The molecule has 1 aliphatic rings. The first-order valence-electron chi connectivity index (χ1n) is 4.25. The van der Waals surface area contributed by atoms with Crippen molar-refractivity contribution in [2.24, 2.45) is 0 Å². The van der Waals surface area contributed by atoms with E-state index in [1.807, 2.05) is 11.8 Å². The lowest BCUT2D eigenvalue weighted by Crippen LogP contribution is -2.51. The number of piperazine rings is 1. The quantitative estimate of drug-likeness (QED) is 0.589. The summed E-state index contributed by atoms with van der Waals surface area (Å²) in [5.41, 5.74) is 0. The molecular formula is C8H16N2O. The Morgan fingerprint density at radius 1 is 1.73 bits per heavy atom. The summed E-state index contributed by atoms with van der Waals surface area (Å²) in [5, 5.41) is 3.30. The summed E-state index contributed by atoms with van der Waals surface area (Å²) >= 11 is 0. The molecule has 11 heavy (non-hydrogen) atoms. The summed E-state index contributed by atoms with van der Waals surface area (Å²) in [6.45, 7) is 6.70. The Morgan fingerprint density at radius 2 is 2.45 bits per heavy atom. The number of rotatable bonds is 1. The fraction of sp³-hybridized carbons (Fsp3) is 0.875. The molecule has 0 aromatic rings. The molecule has 64 valence electrons. The molecule has 1 saturated heterocycles. The average Bonchev–Trinajstić information content (AvgIpc) is 2.03. The second-order valence-electron chi connectivity index (χ2n) is 3.05. The standard InChI is InChI=1S/C8H16N2O/c1-3-8(11)10-5-4-9-7(2)6-10/h7,9H,3-6H2,1-2H3/t7-/m0/s1. The molecule has 0 saturated carbocycles. The number of hydrogen-bond donors (Lipinski definition) is 1. The van der Waals surface area contributed by atoms with Crippen molar-refractivity contribution in [3.05, 3.63) is 0 Å². The van der Waals surface area contributed by atoms with Crippen LogP contribution in [0.3, 0.4) is 0 Å². The predicted molar refractivity (Wildman–Crippen MR) is 44.3 cm³/mol. The van der Waals surface area contributed by atoms with Gasteiger partial charge in [0.2, 0.25) is 5.91 Å². The van der Waals surface area contributed by atoms with Crippen LogP contribution in [-0.4, -0.2) is 36.5 Å². The van der Waals surface area contributed by atoms with Crippen LogP contribution in [0.2, 0.25) is 0 Å². The minimum absolute atomic E-state index is 0.276. The maximum Gasteiger partial charge on any atom is 0.222 e. The fourth-order valence-electron chi connectivity index (χ4n) is 1.38. The Kier molecular flexibility index (Phi) is 2.88. The van der Waals surface area contributed by atoms with Crippen molar-refractivity contribution < 1.29 is 4.79 Å². The van der Waals surface area contributed by atoms with Gasteiger partial charge in [0.1, 0.15) is 0 Å². The lowest BCUT2D eigenvalue weighted by molar-refractivity contribution is -0.131. The molecule has 0 aliphatic carbocycles. The van der Waals surface area contributed by atoms with Gasteiger partial charge < -0.3 is 10.2 Å². The van der Waals surface area contributed by atoms with Crippen molar-refractivity contribution in [1.29, 1.82) is 0 Å². The molecule has 0 aromatic heterocycles. The molecule has 3 heteroatoms. The molecule has 3 nitrogen and oxygen atoms in total. The van der Waals surface area contributed by atoms with Crippen LogP contribution in [0.25, 0.3) is 0 Å². The zero-order chi connectivity index (χ0) is 8.27.